The van der Waals surface area contributed by atoms with Gasteiger partial charge in [0.25, 0.3) is 5.91 Å². The number of benzene rings is 1. The van der Waals surface area contributed by atoms with E-state index in [1.54, 1.807) is 7.11 Å². The largest absolute Gasteiger partial charge is 0.383 e. The van der Waals surface area contributed by atoms with E-state index in [1.807, 2.05) is 33.8 Å². The summed E-state index contributed by atoms with van der Waals surface area (Å²) in [5, 5.41) is 5.67. The molecule has 4 rings (SSSR count). The lowest BCUT2D eigenvalue weighted by Crippen LogP contribution is -2.34. The number of carbonyl (C=O) groups excluding carboxylic acids is 1. The molecule has 1 fully saturated rings. The van der Waals surface area contributed by atoms with E-state index >= 15 is 0 Å². The van der Waals surface area contributed by atoms with Crippen LogP contribution in [-0.2, 0) is 17.8 Å². The molecule has 1 amide bonds. The standard InChI is InChI=1S/C22H29ClN4O2/c1-29-13-12-26-10-5-11-27-21(22(26)28)14-20(24-27)18-7-4-9-25(16-18)15-17-6-2-3-8-19(17)23/h2-3,6,8,14,18H,4-5,7,9-13,15-16H2,1H3. The molecule has 0 spiro atoms. The third-order valence-corrected chi connectivity index (χ3v) is 6.31. The zero-order valence-corrected chi connectivity index (χ0v) is 17.8. The summed E-state index contributed by atoms with van der Waals surface area (Å²) < 4.78 is 7.07. The first kappa shape index (κ1) is 20.4. The van der Waals surface area contributed by atoms with Gasteiger partial charge >= 0.3 is 0 Å². The normalized spacial score (nSPS) is 20.6. The van der Waals surface area contributed by atoms with Crippen molar-refractivity contribution in [3.05, 3.63) is 52.3 Å². The lowest BCUT2D eigenvalue weighted by molar-refractivity contribution is 0.0698. The fourth-order valence-corrected chi connectivity index (χ4v) is 4.57. The lowest BCUT2D eigenvalue weighted by atomic mass is 9.94. The number of nitrogens with zero attached hydrogens (tertiary/aromatic N) is 4. The van der Waals surface area contributed by atoms with E-state index in [1.165, 1.54) is 5.56 Å². The van der Waals surface area contributed by atoms with Gasteiger partial charge in [0.2, 0.25) is 0 Å². The maximum absolute atomic E-state index is 13.0. The molecule has 1 saturated heterocycles. The molecular formula is C22H29ClN4O2. The van der Waals surface area contributed by atoms with E-state index in [2.05, 4.69) is 11.0 Å². The zero-order valence-electron chi connectivity index (χ0n) is 17.0. The van der Waals surface area contributed by atoms with Crippen molar-refractivity contribution in [2.45, 2.75) is 38.3 Å². The molecule has 3 heterocycles. The Morgan fingerprint density at radius 3 is 2.90 bits per heavy atom. The summed E-state index contributed by atoms with van der Waals surface area (Å²) in [7, 11) is 1.67. The fourth-order valence-electron chi connectivity index (χ4n) is 4.38. The first-order chi connectivity index (χ1) is 14.2. The number of hydrogen-bond acceptors (Lipinski definition) is 4. The number of hydrogen-bond donors (Lipinski definition) is 0. The number of aromatic nitrogens is 2. The monoisotopic (exact) mass is 416 g/mol. The van der Waals surface area contributed by atoms with Gasteiger partial charge < -0.3 is 9.64 Å². The molecule has 1 aromatic heterocycles. The molecule has 7 heteroatoms. The summed E-state index contributed by atoms with van der Waals surface area (Å²) in [6.45, 7) is 5.61. The molecule has 0 N–H and O–H groups in total. The maximum Gasteiger partial charge on any atom is 0.272 e. The summed E-state index contributed by atoms with van der Waals surface area (Å²) >= 11 is 6.35. The van der Waals surface area contributed by atoms with Crippen LogP contribution in [0.4, 0.5) is 0 Å². The van der Waals surface area contributed by atoms with Gasteiger partial charge in [-0.15, -0.1) is 0 Å². The third kappa shape index (κ3) is 4.65. The molecule has 0 radical (unpaired) electrons. The van der Waals surface area contributed by atoms with Gasteiger partial charge in [0, 0.05) is 50.8 Å². The minimum absolute atomic E-state index is 0.0713. The molecular weight excluding hydrogens is 388 g/mol. The minimum Gasteiger partial charge on any atom is -0.383 e. The second-order valence-electron chi connectivity index (χ2n) is 7.98. The zero-order chi connectivity index (χ0) is 20.2. The second kappa shape index (κ2) is 9.28. The molecule has 0 aliphatic carbocycles. The number of carbonyl (C=O) groups is 1. The van der Waals surface area contributed by atoms with Crippen LogP contribution in [0.5, 0.6) is 0 Å². The Bertz CT molecular complexity index is 853. The smallest absolute Gasteiger partial charge is 0.272 e. The number of fused-ring (bicyclic) bond motifs is 1. The van der Waals surface area contributed by atoms with E-state index in [-0.39, 0.29) is 5.91 Å². The lowest BCUT2D eigenvalue weighted by Gasteiger charge is -2.32. The van der Waals surface area contributed by atoms with Crippen molar-refractivity contribution in [3.8, 4) is 0 Å². The van der Waals surface area contributed by atoms with Crippen LogP contribution < -0.4 is 0 Å². The maximum atomic E-state index is 13.0. The first-order valence-electron chi connectivity index (χ1n) is 10.5. The van der Waals surface area contributed by atoms with Crippen molar-refractivity contribution in [2.24, 2.45) is 0 Å². The summed E-state index contributed by atoms with van der Waals surface area (Å²) in [5.41, 5.74) is 2.93. The summed E-state index contributed by atoms with van der Waals surface area (Å²) in [5.74, 6) is 0.424. The second-order valence-corrected chi connectivity index (χ2v) is 8.39. The molecule has 2 aliphatic rings. The summed E-state index contributed by atoms with van der Waals surface area (Å²) in [6.07, 6.45) is 3.16. The number of aryl methyl sites for hydroxylation is 1. The predicted molar refractivity (Wildman–Crippen MR) is 113 cm³/mol. The number of halogens is 1. The van der Waals surface area contributed by atoms with Gasteiger partial charge in [-0.3, -0.25) is 14.4 Å². The average Bonchev–Trinajstić information content (AvgIpc) is 3.10. The van der Waals surface area contributed by atoms with Gasteiger partial charge in [-0.1, -0.05) is 29.8 Å². The highest BCUT2D eigenvalue weighted by atomic mass is 35.5. The van der Waals surface area contributed by atoms with E-state index in [0.29, 0.717) is 19.1 Å². The van der Waals surface area contributed by atoms with Gasteiger partial charge in [0.05, 0.1) is 12.3 Å². The molecule has 1 aromatic carbocycles. The van der Waals surface area contributed by atoms with Crippen LogP contribution in [0.15, 0.2) is 30.3 Å². The quantitative estimate of drug-likeness (QED) is 0.724. The van der Waals surface area contributed by atoms with Gasteiger partial charge in [-0.2, -0.15) is 5.10 Å². The van der Waals surface area contributed by atoms with E-state index in [9.17, 15) is 4.79 Å². The SMILES string of the molecule is COCCN1CCCn2nc(C3CCCN(Cc4ccccc4Cl)C3)cc2C1=O. The molecule has 0 saturated carbocycles. The minimum atomic E-state index is 0.0713. The highest BCUT2D eigenvalue weighted by Gasteiger charge is 2.29. The van der Waals surface area contributed by atoms with Crippen LogP contribution in [-0.4, -0.2) is 65.4 Å². The molecule has 1 atom stereocenters. The number of amides is 1. The van der Waals surface area contributed by atoms with Crippen LogP contribution in [0.25, 0.3) is 0 Å². The van der Waals surface area contributed by atoms with Gasteiger partial charge in [-0.25, -0.2) is 0 Å². The van der Waals surface area contributed by atoms with Crippen LogP contribution in [0.1, 0.15) is 46.9 Å². The van der Waals surface area contributed by atoms with Crippen molar-refractivity contribution in [1.82, 2.24) is 19.6 Å². The number of methoxy groups -OCH3 is 1. The summed E-state index contributed by atoms with van der Waals surface area (Å²) in [6, 6.07) is 10.1. The molecule has 6 nitrogen and oxygen atoms in total. The van der Waals surface area contributed by atoms with Crippen LogP contribution in [0.2, 0.25) is 5.02 Å². The van der Waals surface area contributed by atoms with Gasteiger partial charge in [0.1, 0.15) is 5.69 Å². The highest BCUT2D eigenvalue weighted by Crippen LogP contribution is 2.29. The Labute approximate surface area is 177 Å². The van der Waals surface area contributed by atoms with Gasteiger partial charge in [0.15, 0.2) is 0 Å². The highest BCUT2D eigenvalue weighted by molar-refractivity contribution is 6.31. The van der Waals surface area contributed by atoms with E-state index in [4.69, 9.17) is 21.4 Å². The van der Waals surface area contributed by atoms with Crippen molar-refractivity contribution in [1.29, 1.82) is 0 Å². The van der Waals surface area contributed by atoms with Crippen molar-refractivity contribution >= 4 is 17.5 Å². The van der Waals surface area contributed by atoms with Crippen molar-refractivity contribution < 1.29 is 9.53 Å². The Kier molecular flexibility index (Phi) is 6.53. The van der Waals surface area contributed by atoms with E-state index in [0.717, 1.165) is 68.4 Å². The Morgan fingerprint density at radius 1 is 1.21 bits per heavy atom. The number of piperidine rings is 1. The molecule has 29 heavy (non-hydrogen) atoms. The van der Waals surface area contributed by atoms with E-state index < -0.39 is 0 Å². The first-order valence-corrected chi connectivity index (χ1v) is 10.8. The number of ether oxygens (including phenoxy) is 1. The molecule has 2 aliphatic heterocycles. The average molecular weight is 417 g/mol. The van der Waals surface area contributed by atoms with Crippen LogP contribution in [0, 0.1) is 0 Å². The number of likely N-dealkylation sites (tertiary alicyclic amines) is 1. The molecule has 1 unspecified atom stereocenters. The molecule has 2 aromatic rings. The Balaban J connectivity index is 1.47. The van der Waals surface area contributed by atoms with Crippen LogP contribution >= 0.6 is 11.6 Å². The van der Waals surface area contributed by atoms with Gasteiger partial charge in [-0.05, 0) is 43.5 Å². The molecule has 0 bridgehead atoms. The van der Waals surface area contributed by atoms with Crippen molar-refractivity contribution in [2.75, 3.05) is 39.9 Å². The number of rotatable bonds is 6. The third-order valence-electron chi connectivity index (χ3n) is 5.94. The fraction of sp³-hybridized carbons (Fsp3) is 0.545. The Hall–Kier alpha value is -1.89. The van der Waals surface area contributed by atoms with Crippen LogP contribution in [0.3, 0.4) is 0 Å². The predicted octanol–water partition coefficient (Wildman–Crippen LogP) is 3.41. The topological polar surface area (TPSA) is 50.6 Å². The van der Waals surface area contributed by atoms with Crippen molar-refractivity contribution in [3.63, 3.8) is 0 Å². The molecule has 156 valence electrons. The summed E-state index contributed by atoms with van der Waals surface area (Å²) in [4.78, 5) is 17.3. The Morgan fingerprint density at radius 2 is 2.07 bits per heavy atom.